The number of esters is 1. The molecule has 1 aromatic carbocycles. The lowest BCUT2D eigenvalue weighted by molar-refractivity contribution is -0.118. The van der Waals surface area contributed by atoms with Crippen LogP contribution in [0.5, 0.6) is 5.75 Å². The van der Waals surface area contributed by atoms with Gasteiger partial charge in [-0.3, -0.25) is 4.79 Å². The highest BCUT2D eigenvalue weighted by molar-refractivity contribution is 7.16. The number of ether oxygens (including phenoxy) is 2. The van der Waals surface area contributed by atoms with Gasteiger partial charge in [0.2, 0.25) is 0 Å². The van der Waals surface area contributed by atoms with Crippen LogP contribution in [0.15, 0.2) is 18.2 Å². The van der Waals surface area contributed by atoms with E-state index in [2.05, 4.69) is 5.32 Å². The molecule has 2 aromatic rings. The lowest BCUT2D eigenvalue weighted by atomic mass is 10.1. The summed E-state index contributed by atoms with van der Waals surface area (Å²) < 4.78 is 10.6. The smallest absolute Gasteiger partial charge is 0.341 e. The topological polar surface area (TPSA) is 64.6 Å². The van der Waals surface area contributed by atoms with Crippen molar-refractivity contribution >= 4 is 28.2 Å². The van der Waals surface area contributed by atoms with Gasteiger partial charge in [0, 0.05) is 4.88 Å². The zero-order valence-electron chi connectivity index (χ0n) is 15.2. The van der Waals surface area contributed by atoms with Crippen LogP contribution in [-0.2, 0) is 9.53 Å². The second-order valence-corrected chi connectivity index (χ2v) is 7.09. The number of carbonyl (C=O) groups excluding carboxylic acids is 2. The summed E-state index contributed by atoms with van der Waals surface area (Å²) in [5.74, 6) is -0.0855. The summed E-state index contributed by atoms with van der Waals surface area (Å²) in [6.45, 7) is 9.62. The van der Waals surface area contributed by atoms with E-state index in [0.29, 0.717) is 16.3 Å². The number of anilines is 1. The molecule has 1 N–H and O–H groups in total. The number of hydrogen-bond acceptors (Lipinski definition) is 5. The van der Waals surface area contributed by atoms with E-state index < -0.39 is 5.97 Å². The third kappa shape index (κ3) is 4.82. The van der Waals surface area contributed by atoms with Crippen molar-refractivity contribution in [1.29, 1.82) is 0 Å². The summed E-state index contributed by atoms with van der Waals surface area (Å²) >= 11 is 1.36. The molecule has 5 nitrogen and oxygen atoms in total. The molecular weight excluding hydrogens is 338 g/mol. The average Bonchev–Trinajstić information content (AvgIpc) is 2.79. The Kier molecular flexibility index (Phi) is 6.20. The fourth-order valence-electron chi connectivity index (χ4n) is 2.49. The molecule has 1 amide bonds. The van der Waals surface area contributed by atoms with Crippen LogP contribution in [-0.4, -0.2) is 25.1 Å². The molecule has 1 aromatic heterocycles. The first-order valence-electron chi connectivity index (χ1n) is 8.09. The van der Waals surface area contributed by atoms with Crippen molar-refractivity contribution in [2.45, 2.75) is 34.6 Å². The number of benzene rings is 1. The molecule has 0 aliphatic heterocycles. The van der Waals surface area contributed by atoms with Crippen LogP contribution < -0.4 is 10.1 Å². The minimum atomic E-state index is -0.421. The Morgan fingerprint density at radius 2 is 1.72 bits per heavy atom. The van der Waals surface area contributed by atoms with Gasteiger partial charge in [-0.1, -0.05) is 6.07 Å². The van der Waals surface area contributed by atoms with E-state index in [-0.39, 0.29) is 19.1 Å². The van der Waals surface area contributed by atoms with E-state index in [1.54, 1.807) is 6.92 Å². The third-order valence-electron chi connectivity index (χ3n) is 3.68. The molecule has 0 spiro atoms. The first-order chi connectivity index (χ1) is 11.8. The van der Waals surface area contributed by atoms with Gasteiger partial charge in [0.15, 0.2) is 6.61 Å². The molecule has 0 saturated heterocycles. The monoisotopic (exact) mass is 361 g/mol. The number of amides is 1. The fourth-order valence-corrected chi connectivity index (χ4v) is 3.56. The second kappa shape index (κ2) is 8.16. The molecule has 0 unspecified atom stereocenters. The minimum absolute atomic E-state index is 0.124. The second-order valence-electron chi connectivity index (χ2n) is 5.87. The van der Waals surface area contributed by atoms with E-state index in [1.165, 1.54) is 11.3 Å². The highest BCUT2D eigenvalue weighted by Gasteiger charge is 2.22. The van der Waals surface area contributed by atoms with Gasteiger partial charge in [-0.15, -0.1) is 11.3 Å². The Morgan fingerprint density at radius 3 is 2.32 bits per heavy atom. The van der Waals surface area contributed by atoms with E-state index in [4.69, 9.17) is 9.47 Å². The zero-order chi connectivity index (χ0) is 18.6. The van der Waals surface area contributed by atoms with Crippen molar-refractivity contribution in [3.05, 3.63) is 45.3 Å². The average molecular weight is 361 g/mol. The maximum atomic E-state index is 12.2. The van der Waals surface area contributed by atoms with Crippen molar-refractivity contribution < 1.29 is 19.1 Å². The van der Waals surface area contributed by atoms with Gasteiger partial charge in [-0.2, -0.15) is 0 Å². The first-order valence-corrected chi connectivity index (χ1v) is 8.91. The lowest BCUT2D eigenvalue weighted by Crippen LogP contribution is -2.21. The number of hydrogen-bond donors (Lipinski definition) is 1. The summed E-state index contributed by atoms with van der Waals surface area (Å²) in [6.07, 6.45) is 0. The number of carbonyl (C=O) groups is 2. The number of rotatable bonds is 6. The summed E-state index contributed by atoms with van der Waals surface area (Å²) in [5.41, 5.74) is 3.40. The fraction of sp³-hybridized carbons (Fsp3) is 0.368. The van der Waals surface area contributed by atoms with Gasteiger partial charge < -0.3 is 14.8 Å². The van der Waals surface area contributed by atoms with E-state index in [9.17, 15) is 9.59 Å². The van der Waals surface area contributed by atoms with Crippen LogP contribution in [0.4, 0.5) is 5.00 Å². The van der Waals surface area contributed by atoms with Crippen molar-refractivity contribution in [2.75, 3.05) is 18.5 Å². The van der Waals surface area contributed by atoms with Crippen LogP contribution in [0.1, 0.15) is 38.8 Å². The van der Waals surface area contributed by atoms with Crippen LogP contribution in [0.25, 0.3) is 0 Å². The maximum absolute atomic E-state index is 12.2. The lowest BCUT2D eigenvalue weighted by Gasteiger charge is -2.09. The van der Waals surface area contributed by atoms with Crippen molar-refractivity contribution in [3.8, 4) is 5.75 Å². The predicted octanol–water partition coefficient (Wildman–Crippen LogP) is 4.18. The molecule has 6 heteroatoms. The van der Waals surface area contributed by atoms with E-state index >= 15 is 0 Å². The quantitative estimate of drug-likeness (QED) is 0.784. The van der Waals surface area contributed by atoms with Crippen molar-refractivity contribution in [1.82, 2.24) is 0 Å². The van der Waals surface area contributed by atoms with Gasteiger partial charge in [0.1, 0.15) is 10.8 Å². The number of thiophene rings is 1. The van der Waals surface area contributed by atoms with Gasteiger partial charge in [-0.25, -0.2) is 4.79 Å². The predicted molar refractivity (Wildman–Crippen MR) is 99.8 cm³/mol. The van der Waals surface area contributed by atoms with Crippen molar-refractivity contribution in [3.63, 3.8) is 0 Å². The van der Waals surface area contributed by atoms with Crippen LogP contribution in [0, 0.1) is 27.7 Å². The summed E-state index contributed by atoms with van der Waals surface area (Å²) in [7, 11) is 0. The van der Waals surface area contributed by atoms with Crippen LogP contribution >= 0.6 is 11.3 Å². The molecule has 1 heterocycles. The SMILES string of the molecule is CCOC(=O)c1c(NC(=O)COc2cc(C)cc(C)c2)sc(C)c1C. The molecular formula is C19H23NO4S. The molecule has 25 heavy (non-hydrogen) atoms. The highest BCUT2D eigenvalue weighted by Crippen LogP contribution is 2.33. The molecule has 0 saturated carbocycles. The normalized spacial score (nSPS) is 10.4. The summed E-state index contributed by atoms with van der Waals surface area (Å²) in [6, 6.07) is 5.79. The molecule has 134 valence electrons. The van der Waals surface area contributed by atoms with E-state index in [0.717, 1.165) is 21.6 Å². The molecule has 0 atom stereocenters. The molecule has 0 bridgehead atoms. The molecule has 0 radical (unpaired) electrons. The summed E-state index contributed by atoms with van der Waals surface area (Å²) in [5, 5.41) is 3.27. The standard InChI is InChI=1S/C19H23NO4S/c1-6-23-19(22)17-13(4)14(5)25-18(17)20-16(21)10-24-15-8-11(2)7-12(3)9-15/h7-9H,6,10H2,1-5H3,(H,20,21). The Labute approximate surface area is 152 Å². The molecule has 0 aliphatic carbocycles. The van der Waals surface area contributed by atoms with Crippen molar-refractivity contribution in [2.24, 2.45) is 0 Å². The van der Waals surface area contributed by atoms with Crippen LogP contribution in [0.2, 0.25) is 0 Å². The molecule has 0 aliphatic rings. The molecule has 0 fully saturated rings. The zero-order valence-corrected chi connectivity index (χ0v) is 16.0. The highest BCUT2D eigenvalue weighted by atomic mass is 32.1. The first kappa shape index (κ1) is 19.0. The maximum Gasteiger partial charge on any atom is 0.341 e. The largest absolute Gasteiger partial charge is 0.484 e. The number of nitrogens with one attached hydrogen (secondary N) is 1. The van der Waals surface area contributed by atoms with Gasteiger partial charge in [-0.05, 0) is 63.4 Å². The van der Waals surface area contributed by atoms with Gasteiger partial charge >= 0.3 is 5.97 Å². The van der Waals surface area contributed by atoms with E-state index in [1.807, 2.05) is 45.9 Å². The summed E-state index contributed by atoms with van der Waals surface area (Å²) in [4.78, 5) is 25.3. The molecule has 2 rings (SSSR count). The Balaban J connectivity index is 2.07. The third-order valence-corrected chi connectivity index (χ3v) is 4.81. The van der Waals surface area contributed by atoms with Crippen LogP contribution in [0.3, 0.4) is 0 Å². The Bertz CT molecular complexity index is 775. The van der Waals surface area contributed by atoms with Gasteiger partial charge in [0.05, 0.1) is 12.2 Å². The number of aryl methyl sites for hydroxylation is 3. The minimum Gasteiger partial charge on any atom is -0.484 e. The Hall–Kier alpha value is -2.34. The Morgan fingerprint density at radius 1 is 1.08 bits per heavy atom. The van der Waals surface area contributed by atoms with Gasteiger partial charge in [0.25, 0.3) is 5.91 Å².